The number of aromatic nitrogens is 1. The molecule has 1 aliphatic rings. The molecule has 0 fully saturated rings. The molecular formula is C13H10BrF2NO. The first-order chi connectivity index (χ1) is 8.59. The molecule has 2 nitrogen and oxygen atoms in total. The standard InChI is InChI=1S/C13H10BrF2NO/c14-7-5-8(15)12-10(11(7)16)13(18)6-3-1-2-4-9(6)17-12/h5H,1-4H2,(H,17,18). The Balaban J connectivity index is 2.50. The molecule has 2 aromatic rings. The van der Waals surface area contributed by atoms with Gasteiger partial charge in [-0.05, 0) is 47.7 Å². The minimum atomic E-state index is -0.693. The Labute approximate surface area is 110 Å². The highest BCUT2D eigenvalue weighted by atomic mass is 79.9. The number of rotatable bonds is 0. The molecular weight excluding hydrogens is 304 g/mol. The maximum absolute atomic E-state index is 14.0. The maximum Gasteiger partial charge on any atom is 0.195 e. The van der Waals surface area contributed by atoms with Gasteiger partial charge in [-0.1, -0.05) is 0 Å². The SMILES string of the molecule is O=c1c2c([nH]c3c(F)cc(Br)c(F)c13)CCCC2. The van der Waals surface area contributed by atoms with E-state index in [4.69, 9.17) is 0 Å². The fourth-order valence-corrected chi connectivity index (χ4v) is 2.93. The zero-order valence-electron chi connectivity index (χ0n) is 9.45. The minimum Gasteiger partial charge on any atom is -0.355 e. The van der Waals surface area contributed by atoms with Gasteiger partial charge >= 0.3 is 0 Å². The van der Waals surface area contributed by atoms with Crippen molar-refractivity contribution in [3.05, 3.63) is 43.7 Å². The molecule has 0 saturated carbocycles. The summed E-state index contributed by atoms with van der Waals surface area (Å²) in [5.41, 5.74) is 0.946. The summed E-state index contributed by atoms with van der Waals surface area (Å²) in [5.74, 6) is -1.30. The minimum absolute atomic E-state index is 0.0197. The molecule has 5 heteroatoms. The van der Waals surface area contributed by atoms with Crippen LogP contribution in [0.4, 0.5) is 8.78 Å². The van der Waals surface area contributed by atoms with Gasteiger partial charge in [0.1, 0.15) is 5.82 Å². The van der Waals surface area contributed by atoms with Crippen LogP contribution in [0.15, 0.2) is 15.3 Å². The van der Waals surface area contributed by atoms with Crippen molar-refractivity contribution >= 4 is 26.8 Å². The van der Waals surface area contributed by atoms with Gasteiger partial charge in [0.2, 0.25) is 0 Å². The lowest BCUT2D eigenvalue weighted by atomic mass is 9.94. The average molecular weight is 314 g/mol. The number of aromatic amines is 1. The molecule has 0 unspecified atom stereocenters. The van der Waals surface area contributed by atoms with Gasteiger partial charge in [-0.25, -0.2) is 8.78 Å². The number of benzene rings is 1. The van der Waals surface area contributed by atoms with E-state index < -0.39 is 11.6 Å². The summed E-state index contributed by atoms with van der Waals surface area (Å²) >= 11 is 2.93. The van der Waals surface area contributed by atoms with E-state index in [2.05, 4.69) is 20.9 Å². The highest BCUT2D eigenvalue weighted by Gasteiger charge is 2.21. The third-order valence-corrected chi connectivity index (χ3v) is 3.99. The average Bonchev–Trinajstić information content (AvgIpc) is 2.36. The third kappa shape index (κ3) is 1.61. The summed E-state index contributed by atoms with van der Waals surface area (Å²) in [6.45, 7) is 0. The lowest BCUT2D eigenvalue weighted by molar-refractivity contribution is 0.605. The summed E-state index contributed by atoms with van der Waals surface area (Å²) in [6.07, 6.45) is 3.24. The Morgan fingerprint density at radius 3 is 2.72 bits per heavy atom. The molecule has 0 amide bonds. The number of aryl methyl sites for hydroxylation is 1. The first-order valence-electron chi connectivity index (χ1n) is 5.81. The fraction of sp³-hybridized carbons (Fsp3) is 0.308. The van der Waals surface area contributed by atoms with Crippen LogP contribution < -0.4 is 5.43 Å². The van der Waals surface area contributed by atoms with Crippen molar-refractivity contribution in [3.63, 3.8) is 0 Å². The second-order valence-corrected chi connectivity index (χ2v) is 5.38. The fourth-order valence-electron chi connectivity index (χ4n) is 2.53. The van der Waals surface area contributed by atoms with Gasteiger partial charge in [-0.3, -0.25) is 4.79 Å². The van der Waals surface area contributed by atoms with Crippen LogP contribution >= 0.6 is 15.9 Å². The number of hydrogen-bond acceptors (Lipinski definition) is 1. The van der Waals surface area contributed by atoms with Crippen molar-refractivity contribution < 1.29 is 8.78 Å². The number of pyridine rings is 1. The quantitative estimate of drug-likeness (QED) is 0.742. The maximum atomic E-state index is 14.0. The summed E-state index contributed by atoms with van der Waals surface area (Å²) in [6, 6.07) is 1.04. The van der Waals surface area contributed by atoms with Crippen molar-refractivity contribution in [1.29, 1.82) is 0 Å². The zero-order chi connectivity index (χ0) is 12.9. The van der Waals surface area contributed by atoms with E-state index in [9.17, 15) is 13.6 Å². The summed E-state index contributed by atoms with van der Waals surface area (Å²) in [7, 11) is 0. The van der Waals surface area contributed by atoms with Crippen LogP contribution in [0, 0.1) is 11.6 Å². The molecule has 1 heterocycles. The van der Waals surface area contributed by atoms with Crippen LogP contribution in [0.1, 0.15) is 24.1 Å². The summed E-state index contributed by atoms with van der Waals surface area (Å²) < 4.78 is 27.8. The molecule has 1 N–H and O–H groups in total. The Morgan fingerprint density at radius 1 is 1.22 bits per heavy atom. The normalized spacial score (nSPS) is 14.8. The third-order valence-electron chi connectivity index (χ3n) is 3.42. The van der Waals surface area contributed by atoms with Crippen LogP contribution in [0.2, 0.25) is 0 Å². The molecule has 1 aliphatic carbocycles. The highest BCUT2D eigenvalue weighted by molar-refractivity contribution is 9.10. The number of hydrogen-bond donors (Lipinski definition) is 1. The molecule has 0 radical (unpaired) electrons. The second-order valence-electron chi connectivity index (χ2n) is 4.52. The van der Waals surface area contributed by atoms with Gasteiger partial charge < -0.3 is 4.98 Å². The molecule has 94 valence electrons. The van der Waals surface area contributed by atoms with Crippen molar-refractivity contribution in [2.45, 2.75) is 25.7 Å². The highest BCUT2D eigenvalue weighted by Crippen LogP contribution is 2.27. The first kappa shape index (κ1) is 11.8. The van der Waals surface area contributed by atoms with E-state index in [1.165, 1.54) is 0 Å². The first-order valence-corrected chi connectivity index (χ1v) is 6.60. The summed E-state index contributed by atoms with van der Waals surface area (Å²) in [4.78, 5) is 15.1. The predicted octanol–water partition coefficient (Wildman–Crippen LogP) is 3.45. The monoisotopic (exact) mass is 313 g/mol. The number of halogens is 3. The smallest absolute Gasteiger partial charge is 0.195 e. The largest absolute Gasteiger partial charge is 0.355 e. The van der Waals surface area contributed by atoms with E-state index in [0.29, 0.717) is 12.0 Å². The van der Waals surface area contributed by atoms with Gasteiger partial charge in [-0.2, -0.15) is 0 Å². The van der Waals surface area contributed by atoms with Crippen molar-refractivity contribution in [2.24, 2.45) is 0 Å². The molecule has 1 aromatic heterocycles. The van der Waals surface area contributed by atoms with E-state index in [0.717, 1.165) is 31.0 Å². The number of nitrogens with one attached hydrogen (secondary N) is 1. The van der Waals surface area contributed by atoms with E-state index in [1.807, 2.05) is 0 Å². The van der Waals surface area contributed by atoms with Crippen LogP contribution in [-0.4, -0.2) is 4.98 Å². The van der Waals surface area contributed by atoms with Gasteiger partial charge in [0.25, 0.3) is 0 Å². The van der Waals surface area contributed by atoms with Gasteiger partial charge in [0.05, 0.1) is 15.4 Å². The van der Waals surface area contributed by atoms with Gasteiger partial charge in [-0.15, -0.1) is 0 Å². The van der Waals surface area contributed by atoms with E-state index >= 15 is 0 Å². The van der Waals surface area contributed by atoms with Crippen molar-refractivity contribution in [2.75, 3.05) is 0 Å². The lowest BCUT2D eigenvalue weighted by Crippen LogP contribution is -2.20. The molecule has 0 aliphatic heterocycles. The molecule has 0 bridgehead atoms. The predicted molar refractivity (Wildman–Crippen MR) is 68.8 cm³/mol. The Hall–Kier alpha value is -1.23. The number of fused-ring (bicyclic) bond motifs is 2. The lowest BCUT2D eigenvalue weighted by Gasteiger charge is -2.16. The van der Waals surface area contributed by atoms with E-state index in [1.54, 1.807) is 0 Å². The zero-order valence-corrected chi connectivity index (χ0v) is 11.0. The van der Waals surface area contributed by atoms with Crippen molar-refractivity contribution in [3.8, 4) is 0 Å². The van der Waals surface area contributed by atoms with E-state index in [-0.39, 0.29) is 20.8 Å². The van der Waals surface area contributed by atoms with Gasteiger partial charge in [0.15, 0.2) is 11.2 Å². The molecule has 1 aromatic carbocycles. The van der Waals surface area contributed by atoms with Gasteiger partial charge in [0, 0.05) is 11.3 Å². The molecule has 0 saturated heterocycles. The topological polar surface area (TPSA) is 32.9 Å². The Morgan fingerprint density at radius 2 is 1.94 bits per heavy atom. The van der Waals surface area contributed by atoms with Crippen LogP contribution in [0.3, 0.4) is 0 Å². The molecule has 3 rings (SSSR count). The molecule has 0 atom stereocenters. The molecule has 0 spiro atoms. The Kier molecular flexibility index (Phi) is 2.73. The summed E-state index contributed by atoms with van der Waals surface area (Å²) in [5, 5.41) is -0.178. The number of H-pyrrole nitrogens is 1. The second kappa shape index (κ2) is 4.16. The van der Waals surface area contributed by atoms with Crippen LogP contribution in [-0.2, 0) is 12.8 Å². The molecule has 18 heavy (non-hydrogen) atoms. The van der Waals surface area contributed by atoms with Crippen LogP contribution in [0.5, 0.6) is 0 Å². The van der Waals surface area contributed by atoms with Crippen LogP contribution in [0.25, 0.3) is 10.9 Å². The Bertz CT molecular complexity index is 708. The van der Waals surface area contributed by atoms with Crippen molar-refractivity contribution in [1.82, 2.24) is 4.98 Å².